The van der Waals surface area contributed by atoms with Crippen LogP contribution in [0.4, 0.5) is 0 Å². The van der Waals surface area contributed by atoms with E-state index in [1.165, 1.54) is 5.56 Å². The summed E-state index contributed by atoms with van der Waals surface area (Å²) < 4.78 is 7.82. The number of allylic oxidation sites excluding steroid dienone is 1. The minimum atomic E-state index is 0.621. The summed E-state index contributed by atoms with van der Waals surface area (Å²) in [6, 6.07) is 18.2. The summed E-state index contributed by atoms with van der Waals surface area (Å²) >= 11 is 1.64. The first-order chi connectivity index (χ1) is 12.3. The highest BCUT2D eigenvalue weighted by Gasteiger charge is 2.13. The second-order valence-corrected chi connectivity index (χ2v) is 6.64. The van der Waals surface area contributed by atoms with Crippen LogP contribution in [0.2, 0.25) is 0 Å². The Bertz CT molecular complexity index is 813. The fourth-order valence-electron chi connectivity index (χ4n) is 2.41. The molecule has 3 rings (SSSR count). The van der Waals surface area contributed by atoms with Gasteiger partial charge >= 0.3 is 0 Å². The number of nitrogens with zero attached hydrogens (tertiary/aromatic N) is 3. The maximum Gasteiger partial charge on any atom is 0.191 e. The first-order valence-corrected chi connectivity index (χ1v) is 9.18. The number of hydrogen-bond donors (Lipinski definition) is 0. The number of ether oxygens (including phenoxy) is 1. The molecule has 1 heterocycles. The Kier molecular flexibility index (Phi) is 5.90. The van der Waals surface area contributed by atoms with Crippen molar-refractivity contribution in [3.8, 4) is 17.1 Å². The lowest BCUT2D eigenvalue weighted by molar-refractivity contribution is 0.344. The van der Waals surface area contributed by atoms with E-state index in [1.807, 2.05) is 36.4 Å². The van der Waals surface area contributed by atoms with Crippen molar-refractivity contribution in [3.63, 3.8) is 0 Å². The van der Waals surface area contributed by atoms with E-state index in [-0.39, 0.29) is 0 Å². The number of aromatic nitrogens is 3. The number of thioether (sulfide) groups is 1. The van der Waals surface area contributed by atoms with Gasteiger partial charge in [-0.15, -0.1) is 16.8 Å². The molecule has 3 aromatic rings. The van der Waals surface area contributed by atoms with Gasteiger partial charge in [0.25, 0.3) is 0 Å². The molecule has 25 heavy (non-hydrogen) atoms. The highest BCUT2D eigenvalue weighted by Crippen LogP contribution is 2.24. The first kappa shape index (κ1) is 17.3. The summed E-state index contributed by atoms with van der Waals surface area (Å²) in [5.41, 5.74) is 2.29. The average molecular weight is 351 g/mol. The minimum Gasteiger partial charge on any atom is -0.493 e. The van der Waals surface area contributed by atoms with E-state index < -0.39 is 0 Å². The van der Waals surface area contributed by atoms with Gasteiger partial charge in [-0.25, -0.2) is 0 Å². The normalized spacial score (nSPS) is 10.6. The van der Waals surface area contributed by atoms with Crippen molar-refractivity contribution >= 4 is 11.8 Å². The minimum absolute atomic E-state index is 0.621. The second-order valence-electron chi connectivity index (χ2n) is 5.58. The molecule has 0 aliphatic heterocycles. The van der Waals surface area contributed by atoms with E-state index in [9.17, 15) is 0 Å². The van der Waals surface area contributed by atoms with Crippen LogP contribution in [0, 0.1) is 6.92 Å². The molecule has 1 aromatic heterocycles. The molecule has 128 valence electrons. The van der Waals surface area contributed by atoms with Crippen molar-refractivity contribution in [2.45, 2.75) is 18.6 Å². The van der Waals surface area contributed by atoms with E-state index in [1.54, 1.807) is 11.8 Å². The zero-order valence-electron chi connectivity index (χ0n) is 14.3. The van der Waals surface area contributed by atoms with Crippen LogP contribution in [0.15, 0.2) is 72.4 Å². The molecular formula is C20H21N3OS. The lowest BCUT2D eigenvalue weighted by Gasteiger charge is -2.08. The molecule has 0 saturated carbocycles. The van der Waals surface area contributed by atoms with E-state index in [0.717, 1.165) is 28.0 Å². The Hall–Kier alpha value is -2.53. The van der Waals surface area contributed by atoms with Gasteiger partial charge in [-0.1, -0.05) is 65.9 Å². The van der Waals surface area contributed by atoms with Crippen LogP contribution >= 0.6 is 11.8 Å². The van der Waals surface area contributed by atoms with E-state index >= 15 is 0 Å². The summed E-state index contributed by atoms with van der Waals surface area (Å²) in [6.07, 6.45) is 1.87. The molecule has 0 aliphatic rings. The maximum absolute atomic E-state index is 5.73. The van der Waals surface area contributed by atoms with Crippen molar-refractivity contribution in [2.24, 2.45) is 0 Å². The standard InChI is InChI=1S/C20H21N3OS/c1-3-13-23-19(17-11-9-16(2)10-12-17)21-22-20(23)25-15-14-24-18-7-5-4-6-8-18/h3-12H,1,13-15H2,2H3. The van der Waals surface area contributed by atoms with Gasteiger partial charge in [-0.2, -0.15) is 0 Å². The van der Waals surface area contributed by atoms with Gasteiger partial charge in [-0.3, -0.25) is 4.57 Å². The molecule has 0 radical (unpaired) electrons. The molecule has 0 fully saturated rings. The predicted octanol–water partition coefficient (Wildman–Crippen LogP) is 4.61. The van der Waals surface area contributed by atoms with Crippen LogP contribution in [-0.4, -0.2) is 27.1 Å². The molecule has 4 nitrogen and oxygen atoms in total. The average Bonchev–Trinajstić information content (AvgIpc) is 3.03. The van der Waals surface area contributed by atoms with Crippen LogP contribution in [0.25, 0.3) is 11.4 Å². The predicted molar refractivity (Wildman–Crippen MR) is 103 cm³/mol. The molecule has 0 bridgehead atoms. The van der Waals surface area contributed by atoms with Crippen molar-refractivity contribution in [3.05, 3.63) is 72.8 Å². The third-order valence-electron chi connectivity index (χ3n) is 3.66. The van der Waals surface area contributed by atoms with Crippen molar-refractivity contribution in [1.29, 1.82) is 0 Å². The molecule has 0 N–H and O–H groups in total. The zero-order chi connectivity index (χ0) is 17.5. The SMILES string of the molecule is C=CCn1c(SCCOc2ccccc2)nnc1-c1ccc(C)cc1. The summed E-state index contributed by atoms with van der Waals surface area (Å²) in [5, 5.41) is 9.61. The molecule has 0 atom stereocenters. The number of hydrogen-bond acceptors (Lipinski definition) is 4. The Morgan fingerprint density at radius 3 is 2.56 bits per heavy atom. The summed E-state index contributed by atoms with van der Waals surface area (Å²) in [4.78, 5) is 0. The van der Waals surface area contributed by atoms with Crippen LogP contribution < -0.4 is 4.74 Å². The number of para-hydroxylation sites is 1. The number of aryl methyl sites for hydroxylation is 1. The van der Waals surface area contributed by atoms with Gasteiger partial charge in [0, 0.05) is 17.9 Å². The van der Waals surface area contributed by atoms with Gasteiger partial charge in [0.2, 0.25) is 0 Å². The van der Waals surface area contributed by atoms with Gasteiger partial charge in [0.1, 0.15) is 5.75 Å². The third-order valence-corrected chi connectivity index (χ3v) is 4.60. The Morgan fingerprint density at radius 2 is 1.84 bits per heavy atom. The zero-order valence-corrected chi connectivity index (χ0v) is 15.1. The van der Waals surface area contributed by atoms with Crippen LogP contribution in [0.1, 0.15) is 5.56 Å². The van der Waals surface area contributed by atoms with Crippen LogP contribution in [0.3, 0.4) is 0 Å². The largest absolute Gasteiger partial charge is 0.493 e. The van der Waals surface area contributed by atoms with Crippen LogP contribution in [-0.2, 0) is 6.54 Å². The summed E-state index contributed by atoms with van der Waals surface area (Å²) in [7, 11) is 0. The third kappa shape index (κ3) is 4.51. The molecule has 5 heteroatoms. The molecule has 0 aliphatic carbocycles. The quantitative estimate of drug-likeness (QED) is 0.337. The van der Waals surface area contributed by atoms with Crippen molar-refractivity contribution in [2.75, 3.05) is 12.4 Å². The Morgan fingerprint density at radius 1 is 1.08 bits per heavy atom. The molecule has 2 aromatic carbocycles. The topological polar surface area (TPSA) is 39.9 Å². The van der Waals surface area contributed by atoms with Gasteiger partial charge in [-0.05, 0) is 19.1 Å². The summed E-state index contributed by atoms with van der Waals surface area (Å²) in [5.74, 6) is 2.56. The Labute approximate surface area is 152 Å². The van der Waals surface area contributed by atoms with Gasteiger partial charge in [0.15, 0.2) is 11.0 Å². The van der Waals surface area contributed by atoms with Crippen LogP contribution in [0.5, 0.6) is 5.75 Å². The molecular weight excluding hydrogens is 330 g/mol. The first-order valence-electron chi connectivity index (χ1n) is 8.19. The molecule has 0 amide bonds. The summed E-state index contributed by atoms with van der Waals surface area (Å²) in [6.45, 7) is 7.23. The highest BCUT2D eigenvalue weighted by molar-refractivity contribution is 7.99. The van der Waals surface area contributed by atoms with Crippen molar-refractivity contribution < 1.29 is 4.74 Å². The lowest BCUT2D eigenvalue weighted by Crippen LogP contribution is -2.04. The monoisotopic (exact) mass is 351 g/mol. The molecule has 0 saturated heterocycles. The lowest BCUT2D eigenvalue weighted by atomic mass is 10.1. The van der Waals surface area contributed by atoms with Crippen molar-refractivity contribution in [1.82, 2.24) is 14.8 Å². The van der Waals surface area contributed by atoms with Gasteiger partial charge in [0.05, 0.1) is 6.61 Å². The molecule has 0 spiro atoms. The fourth-order valence-corrected chi connectivity index (χ4v) is 3.18. The Balaban J connectivity index is 1.66. The number of rotatable bonds is 8. The highest BCUT2D eigenvalue weighted by atomic mass is 32.2. The molecule has 0 unspecified atom stereocenters. The number of benzene rings is 2. The smallest absolute Gasteiger partial charge is 0.191 e. The van der Waals surface area contributed by atoms with Gasteiger partial charge < -0.3 is 4.74 Å². The maximum atomic E-state index is 5.73. The van der Waals surface area contributed by atoms with E-state index in [0.29, 0.717) is 13.2 Å². The van der Waals surface area contributed by atoms with E-state index in [2.05, 4.69) is 52.5 Å². The van der Waals surface area contributed by atoms with E-state index in [4.69, 9.17) is 4.74 Å². The fraction of sp³-hybridized carbons (Fsp3) is 0.200. The second kappa shape index (κ2) is 8.53.